The van der Waals surface area contributed by atoms with Gasteiger partial charge in [0.25, 0.3) is 5.69 Å². The Labute approximate surface area is 106 Å². The number of aromatic nitrogens is 2. The van der Waals surface area contributed by atoms with Crippen molar-refractivity contribution in [3.63, 3.8) is 0 Å². The molecule has 3 rings (SSSR count). The maximum Gasteiger partial charge on any atom is 0.271 e. The van der Waals surface area contributed by atoms with Gasteiger partial charge in [-0.3, -0.25) is 10.1 Å². The molecule has 0 aliphatic heterocycles. The molecule has 0 radical (unpaired) electrons. The summed E-state index contributed by atoms with van der Waals surface area (Å²) in [7, 11) is 0. The van der Waals surface area contributed by atoms with Crippen LogP contribution in [-0.2, 0) is 0 Å². The molecule has 2 aromatic carbocycles. The van der Waals surface area contributed by atoms with Crippen molar-refractivity contribution >= 4 is 39.4 Å². The third-order valence-electron chi connectivity index (χ3n) is 2.61. The number of para-hydroxylation sites is 1. The van der Waals surface area contributed by atoms with Gasteiger partial charge in [0.05, 0.1) is 26.5 Å². The van der Waals surface area contributed by atoms with Crippen LogP contribution < -0.4 is 0 Å². The molecule has 18 heavy (non-hydrogen) atoms. The number of non-ortho nitro benzene ring substituents is 1. The van der Waals surface area contributed by atoms with Crippen molar-refractivity contribution in [1.82, 2.24) is 9.97 Å². The number of fused-ring (bicyclic) bond motifs is 2. The Hall–Kier alpha value is -2.27. The lowest BCUT2D eigenvalue weighted by Crippen LogP contribution is -1.91. The highest BCUT2D eigenvalue weighted by atomic mass is 35.5. The van der Waals surface area contributed by atoms with Crippen LogP contribution in [0.3, 0.4) is 0 Å². The van der Waals surface area contributed by atoms with E-state index in [1.165, 1.54) is 12.1 Å². The van der Waals surface area contributed by atoms with Crippen molar-refractivity contribution in [2.45, 2.75) is 0 Å². The molecule has 3 aromatic rings. The summed E-state index contributed by atoms with van der Waals surface area (Å²) in [4.78, 5) is 18.9. The van der Waals surface area contributed by atoms with Gasteiger partial charge in [-0.25, -0.2) is 9.97 Å². The molecule has 1 aromatic heterocycles. The lowest BCUT2D eigenvalue weighted by Gasteiger charge is -2.02. The largest absolute Gasteiger partial charge is 0.271 e. The van der Waals surface area contributed by atoms with Crippen molar-refractivity contribution < 1.29 is 4.92 Å². The highest BCUT2D eigenvalue weighted by Gasteiger charge is 2.09. The number of nitro benzene ring substituents is 1. The normalized spacial score (nSPS) is 10.9. The van der Waals surface area contributed by atoms with Gasteiger partial charge in [0.15, 0.2) is 0 Å². The molecule has 0 fully saturated rings. The van der Waals surface area contributed by atoms with E-state index in [9.17, 15) is 10.1 Å². The van der Waals surface area contributed by atoms with E-state index in [0.29, 0.717) is 27.1 Å². The smallest absolute Gasteiger partial charge is 0.258 e. The number of hydrogen-bond acceptors (Lipinski definition) is 4. The molecule has 6 heteroatoms. The van der Waals surface area contributed by atoms with Crippen molar-refractivity contribution in [2.24, 2.45) is 0 Å². The molecule has 0 bridgehead atoms. The maximum absolute atomic E-state index is 10.7. The summed E-state index contributed by atoms with van der Waals surface area (Å²) >= 11 is 6.03. The highest BCUT2D eigenvalue weighted by molar-refractivity contribution is 6.35. The third kappa shape index (κ3) is 1.65. The van der Waals surface area contributed by atoms with Gasteiger partial charge in [0, 0.05) is 12.1 Å². The van der Waals surface area contributed by atoms with E-state index in [0.717, 1.165) is 0 Å². The molecule has 5 nitrogen and oxygen atoms in total. The molecule has 0 aliphatic carbocycles. The number of nitrogens with zero attached hydrogens (tertiary/aromatic N) is 3. The van der Waals surface area contributed by atoms with Gasteiger partial charge in [0.1, 0.15) is 5.52 Å². The average Bonchev–Trinajstić information content (AvgIpc) is 2.36. The lowest BCUT2D eigenvalue weighted by atomic mass is 10.2. The van der Waals surface area contributed by atoms with Gasteiger partial charge in [-0.2, -0.15) is 0 Å². The van der Waals surface area contributed by atoms with E-state index in [2.05, 4.69) is 9.97 Å². The molecule has 0 saturated carbocycles. The standard InChI is InChI=1S/C12H6ClN3O2/c13-8-2-1-3-10-12(8)15-9-5-4-7(16(17)18)6-11(9)14-10/h1-6H. The number of rotatable bonds is 1. The zero-order valence-electron chi connectivity index (χ0n) is 9.00. The Kier molecular flexibility index (Phi) is 2.34. The third-order valence-corrected chi connectivity index (χ3v) is 2.91. The number of hydrogen-bond donors (Lipinski definition) is 0. The van der Waals surface area contributed by atoms with E-state index in [1.54, 1.807) is 24.3 Å². The minimum atomic E-state index is -0.455. The first-order chi connectivity index (χ1) is 8.65. The maximum atomic E-state index is 10.7. The fourth-order valence-electron chi connectivity index (χ4n) is 1.76. The van der Waals surface area contributed by atoms with Gasteiger partial charge in [-0.1, -0.05) is 17.7 Å². The Morgan fingerprint density at radius 2 is 1.89 bits per heavy atom. The van der Waals surface area contributed by atoms with Gasteiger partial charge in [0.2, 0.25) is 0 Å². The molecule has 88 valence electrons. The van der Waals surface area contributed by atoms with Crippen LogP contribution in [-0.4, -0.2) is 14.9 Å². The summed E-state index contributed by atoms with van der Waals surface area (Å²) in [6.07, 6.45) is 0. The first-order valence-electron chi connectivity index (χ1n) is 5.15. The van der Waals surface area contributed by atoms with Crippen molar-refractivity contribution in [3.05, 3.63) is 51.5 Å². The summed E-state index contributed by atoms with van der Waals surface area (Å²) < 4.78 is 0. The molecular formula is C12H6ClN3O2. The predicted molar refractivity (Wildman–Crippen MR) is 68.7 cm³/mol. The Morgan fingerprint density at radius 3 is 2.67 bits per heavy atom. The van der Waals surface area contributed by atoms with Gasteiger partial charge in [-0.05, 0) is 18.2 Å². The Morgan fingerprint density at radius 1 is 1.06 bits per heavy atom. The van der Waals surface area contributed by atoms with Crippen molar-refractivity contribution in [3.8, 4) is 0 Å². The van der Waals surface area contributed by atoms with Gasteiger partial charge in [-0.15, -0.1) is 0 Å². The molecule has 0 saturated heterocycles. The molecule has 0 atom stereocenters. The van der Waals surface area contributed by atoms with Crippen LogP contribution >= 0.6 is 11.6 Å². The molecule has 0 N–H and O–H groups in total. The number of nitro groups is 1. The summed E-state index contributed by atoms with van der Waals surface area (Å²) in [6.45, 7) is 0. The van der Waals surface area contributed by atoms with Gasteiger partial charge < -0.3 is 0 Å². The Balaban J connectivity index is 2.38. The fraction of sp³-hybridized carbons (Fsp3) is 0. The van der Waals surface area contributed by atoms with Crippen LogP contribution in [0.15, 0.2) is 36.4 Å². The molecule has 1 heterocycles. The topological polar surface area (TPSA) is 68.9 Å². The van der Waals surface area contributed by atoms with Crippen LogP contribution in [0.4, 0.5) is 5.69 Å². The summed E-state index contributed by atoms with van der Waals surface area (Å²) in [6, 6.07) is 9.65. The van der Waals surface area contributed by atoms with E-state index >= 15 is 0 Å². The molecule has 0 aliphatic rings. The summed E-state index contributed by atoms with van der Waals surface area (Å²) in [5, 5.41) is 11.2. The summed E-state index contributed by atoms with van der Waals surface area (Å²) in [5.41, 5.74) is 2.29. The second-order valence-corrected chi connectivity index (χ2v) is 4.17. The van der Waals surface area contributed by atoms with Crippen LogP contribution in [0.1, 0.15) is 0 Å². The molecular weight excluding hydrogens is 254 g/mol. The first kappa shape index (κ1) is 10.9. The van der Waals surface area contributed by atoms with Crippen LogP contribution in [0.2, 0.25) is 5.02 Å². The zero-order valence-corrected chi connectivity index (χ0v) is 9.76. The molecule has 0 spiro atoms. The minimum absolute atomic E-state index is 0.00169. The van der Waals surface area contributed by atoms with E-state index in [1.807, 2.05) is 0 Å². The Bertz CT molecular complexity index is 789. The number of benzene rings is 2. The van der Waals surface area contributed by atoms with Gasteiger partial charge >= 0.3 is 0 Å². The van der Waals surface area contributed by atoms with Crippen LogP contribution in [0.5, 0.6) is 0 Å². The fourth-order valence-corrected chi connectivity index (χ4v) is 1.98. The van der Waals surface area contributed by atoms with Crippen molar-refractivity contribution in [1.29, 1.82) is 0 Å². The highest BCUT2D eigenvalue weighted by Crippen LogP contribution is 2.24. The molecule has 0 unspecified atom stereocenters. The van der Waals surface area contributed by atoms with Crippen LogP contribution in [0.25, 0.3) is 22.1 Å². The first-order valence-corrected chi connectivity index (χ1v) is 5.53. The predicted octanol–water partition coefficient (Wildman–Crippen LogP) is 3.34. The van der Waals surface area contributed by atoms with E-state index < -0.39 is 4.92 Å². The average molecular weight is 260 g/mol. The monoisotopic (exact) mass is 259 g/mol. The van der Waals surface area contributed by atoms with E-state index in [4.69, 9.17) is 11.6 Å². The quantitative estimate of drug-likeness (QED) is 0.382. The minimum Gasteiger partial charge on any atom is -0.258 e. The second-order valence-electron chi connectivity index (χ2n) is 3.76. The molecule has 0 amide bonds. The second kappa shape index (κ2) is 3.89. The number of halogens is 1. The van der Waals surface area contributed by atoms with E-state index in [-0.39, 0.29) is 5.69 Å². The zero-order chi connectivity index (χ0) is 12.7. The SMILES string of the molecule is O=[N+]([O-])c1ccc2nc3c(Cl)cccc3nc2c1. The summed E-state index contributed by atoms with van der Waals surface area (Å²) in [5.74, 6) is 0. The van der Waals surface area contributed by atoms with Crippen molar-refractivity contribution in [2.75, 3.05) is 0 Å². The van der Waals surface area contributed by atoms with Crippen LogP contribution in [0, 0.1) is 10.1 Å². The lowest BCUT2D eigenvalue weighted by molar-refractivity contribution is -0.384.